The van der Waals surface area contributed by atoms with Crippen LogP contribution in [-0.4, -0.2) is 41.6 Å². The number of nitrogens with one attached hydrogen (secondary N) is 2. The average molecular weight is 424 g/mol. The summed E-state index contributed by atoms with van der Waals surface area (Å²) in [6.07, 6.45) is -1.26. The molecule has 0 aliphatic heterocycles. The molecule has 0 unspecified atom stereocenters. The number of carbonyl (C=O) groups is 1. The summed E-state index contributed by atoms with van der Waals surface area (Å²) in [5, 5.41) is 13.2. The minimum atomic E-state index is -4.20. The van der Waals surface area contributed by atoms with Crippen molar-refractivity contribution in [1.82, 2.24) is 10.3 Å². The zero-order chi connectivity index (χ0) is 21.7. The first kappa shape index (κ1) is 21.6. The molecular formula is C21H20F4N2O3. The summed E-state index contributed by atoms with van der Waals surface area (Å²) in [5.74, 6) is -5.09. The summed E-state index contributed by atoms with van der Waals surface area (Å²) >= 11 is 0. The van der Waals surface area contributed by atoms with E-state index in [0.717, 1.165) is 22.0 Å². The van der Waals surface area contributed by atoms with E-state index in [-0.39, 0.29) is 11.3 Å². The number of hydrogen-bond donors (Lipinski definition) is 3. The van der Waals surface area contributed by atoms with Crippen molar-refractivity contribution in [3.05, 3.63) is 65.4 Å². The number of carboxylic acid groups (broad SMARTS) is 1. The van der Waals surface area contributed by atoms with E-state index < -0.39 is 24.9 Å². The first-order valence-electron chi connectivity index (χ1n) is 9.18. The maximum Gasteiger partial charge on any atom is 0.340 e. The van der Waals surface area contributed by atoms with Gasteiger partial charge < -0.3 is 20.1 Å². The quantitative estimate of drug-likeness (QED) is 0.332. The zero-order valence-corrected chi connectivity index (χ0v) is 15.8. The molecule has 0 radical (unpaired) electrons. The lowest BCUT2D eigenvalue weighted by molar-refractivity contribution is -0.148. The van der Waals surface area contributed by atoms with Gasteiger partial charge in [-0.15, -0.1) is 0 Å². The lowest BCUT2D eigenvalue weighted by Gasteiger charge is -2.16. The van der Waals surface area contributed by atoms with Crippen molar-refractivity contribution >= 4 is 16.9 Å². The Kier molecular flexibility index (Phi) is 6.61. The molecule has 1 heterocycles. The molecule has 3 N–H and O–H groups in total. The Morgan fingerprint density at radius 2 is 2.00 bits per heavy atom. The van der Waals surface area contributed by atoms with Crippen molar-refractivity contribution in [3.63, 3.8) is 0 Å². The summed E-state index contributed by atoms with van der Waals surface area (Å²) in [6.45, 7) is -0.332. The summed E-state index contributed by atoms with van der Waals surface area (Å²) < 4.78 is 55.1. The molecule has 30 heavy (non-hydrogen) atoms. The second-order valence-electron chi connectivity index (χ2n) is 6.80. The first-order valence-corrected chi connectivity index (χ1v) is 9.18. The monoisotopic (exact) mass is 424 g/mol. The van der Waals surface area contributed by atoms with E-state index in [9.17, 15) is 22.4 Å². The highest BCUT2D eigenvalue weighted by Gasteiger charge is 2.41. The number of aromatic nitrogens is 1. The number of H-pyrrole nitrogens is 1. The Bertz CT molecular complexity index is 1020. The van der Waals surface area contributed by atoms with Crippen LogP contribution in [0.2, 0.25) is 0 Å². The number of fused-ring (bicyclic) bond motifs is 1. The van der Waals surface area contributed by atoms with E-state index in [4.69, 9.17) is 9.84 Å². The number of halogens is 4. The van der Waals surface area contributed by atoms with Gasteiger partial charge in [-0.3, -0.25) is 0 Å². The molecule has 0 spiro atoms. The molecule has 3 rings (SSSR count). The van der Waals surface area contributed by atoms with Gasteiger partial charge in [-0.05, 0) is 48.4 Å². The van der Waals surface area contributed by atoms with Gasteiger partial charge in [0.05, 0.1) is 5.56 Å². The van der Waals surface area contributed by atoms with Crippen molar-refractivity contribution in [2.75, 3.05) is 13.2 Å². The molecule has 1 aromatic heterocycles. The van der Waals surface area contributed by atoms with Gasteiger partial charge in [0.15, 0.2) is 6.61 Å². The van der Waals surface area contributed by atoms with E-state index in [0.29, 0.717) is 19.5 Å². The highest BCUT2D eigenvalue weighted by atomic mass is 19.3. The van der Waals surface area contributed by atoms with Crippen molar-refractivity contribution < 1.29 is 32.2 Å². The van der Waals surface area contributed by atoms with E-state index in [1.54, 1.807) is 30.3 Å². The number of carboxylic acids is 1. The fraction of sp³-hybridized carbons (Fsp3) is 0.286. The number of aromatic amines is 1. The number of aromatic carboxylic acids is 1. The maximum atomic E-state index is 13.0. The second kappa shape index (κ2) is 9.17. The highest BCUT2D eigenvalue weighted by molar-refractivity contribution is 5.94. The largest absolute Gasteiger partial charge is 0.487 e. The van der Waals surface area contributed by atoms with Crippen LogP contribution in [0.3, 0.4) is 0 Å². The SMILES string of the molecule is O=C(O)c1ccc2c(CCNCc3cccc(OCC(F)(F)C(F)F)c3)c[nH]c2c1. The number of benzene rings is 2. The van der Waals surface area contributed by atoms with E-state index >= 15 is 0 Å². The molecule has 0 aliphatic carbocycles. The third-order valence-electron chi connectivity index (χ3n) is 4.56. The highest BCUT2D eigenvalue weighted by Crippen LogP contribution is 2.25. The summed E-state index contributed by atoms with van der Waals surface area (Å²) in [7, 11) is 0. The van der Waals surface area contributed by atoms with Crippen LogP contribution in [0, 0.1) is 0 Å². The zero-order valence-electron chi connectivity index (χ0n) is 15.8. The van der Waals surface area contributed by atoms with Crippen LogP contribution < -0.4 is 10.1 Å². The van der Waals surface area contributed by atoms with Gasteiger partial charge in [0.25, 0.3) is 0 Å². The Labute approximate surface area is 169 Å². The standard InChI is InChI=1S/C21H20F4N2O3/c22-20(23)21(24,25)12-30-16-3-1-2-13(8-16)10-26-7-6-15-11-27-18-9-14(19(28)29)4-5-17(15)18/h1-5,8-9,11,20,26-27H,6-7,10,12H2,(H,28,29). The molecule has 0 atom stereocenters. The van der Waals surface area contributed by atoms with Gasteiger partial charge in [-0.1, -0.05) is 18.2 Å². The van der Waals surface area contributed by atoms with E-state index in [2.05, 4.69) is 10.3 Å². The summed E-state index contributed by atoms with van der Waals surface area (Å²) in [5.41, 5.74) is 2.75. The Morgan fingerprint density at radius 3 is 2.73 bits per heavy atom. The smallest absolute Gasteiger partial charge is 0.340 e. The fourth-order valence-electron chi connectivity index (χ4n) is 2.97. The predicted molar refractivity (Wildman–Crippen MR) is 104 cm³/mol. The molecular weight excluding hydrogens is 404 g/mol. The van der Waals surface area contributed by atoms with Crippen molar-refractivity contribution in [1.29, 1.82) is 0 Å². The van der Waals surface area contributed by atoms with Gasteiger partial charge in [-0.25, -0.2) is 13.6 Å². The van der Waals surface area contributed by atoms with Crippen LogP contribution in [0.1, 0.15) is 21.5 Å². The van der Waals surface area contributed by atoms with Crippen molar-refractivity contribution in [2.24, 2.45) is 0 Å². The molecule has 0 amide bonds. The third kappa shape index (κ3) is 5.29. The molecule has 3 aromatic rings. The minimum absolute atomic E-state index is 0.0977. The van der Waals surface area contributed by atoms with Crippen LogP contribution in [0.5, 0.6) is 5.75 Å². The van der Waals surface area contributed by atoms with E-state index in [1.807, 2.05) is 6.20 Å². The lowest BCUT2D eigenvalue weighted by atomic mass is 10.1. The van der Waals surface area contributed by atoms with Gasteiger partial charge in [0.2, 0.25) is 0 Å². The molecule has 0 fully saturated rings. The van der Waals surface area contributed by atoms with Gasteiger partial charge in [-0.2, -0.15) is 8.78 Å². The molecule has 0 saturated carbocycles. The molecule has 5 nitrogen and oxygen atoms in total. The van der Waals surface area contributed by atoms with Crippen LogP contribution >= 0.6 is 0 Å². The van der Waals surface area contributed by atoms with Crippen molar-refractivity contribution in [3.8, 4) is 5.75 Å². The predicted octanol–water partition coefficient (Wildman–Crippen LogP) is 4.48. The van der Waals surface area contributed by atoms with Crippen LogP contribution in [-0.2, 0) is 13.0 Å². The summed E-state index contributed by atoms with van der Waals surface area (Å²) in [6, 6.07) is 11.2. The Hall–Kier alpha value is -3.07. The molecule has 160 valence electrons. The number of ether oxygens (including phenoxy) is 1. The van der Waals surface area contributed by atoms with E-state index in [1.165, 1.54) is 12.1 Å². The fourth-order valence-corrected chi connectivity index (χ4v) is 2.97. The number of hydrogen-bond acceptors (Lipinski definition) is 3. The first-order chi connectivity index (χ1) is 14.3. The molecule has 0 bridgehead atoms. The molecule has 2 aromatic carbocycles. The minimum Gasteiger partial charge on any atom is -0.487 e. The lowest BCUT2D eigenvalue weighted by Crippen LogP contribution is -2.33. The Balaban J connectivity index is 1.51. The Morgan fingerprint density at radius 1 is 1.20 bits per heavy atom. The van der Waals surface area contributed by atoms with Crippen LogP contribution in [0.25, 0.3) is 10.9 Å². The topological polar surface area (TPSA) is 74.3 Å². The number of rotatable bonds is 10. The second-order valence-corrected chi connectivity index (χ2v) is 6.80. The van der Waals surface area contributed by atoms with Crippen LogP contribution in [0.15, 0.2) is 48.7 Å². The molecule has 9 heteroatoms. The van der Waals surface area contributed by atoms with Crippen molar-refractivity contribution in [2.45, 2.75) is 25.3 Å². The normalized spacial score (nSPS) is 11.9. The van der Waals surface area contributed by atoms with Gasteiger partial charge in [0, 0.05) is 23.6 Å². The van der Waals surface area contributed by atoms with Gasteiger partial charge >= 0.3 is 18.3 Å². The number of alkyl halides is 4. The third-order valence-corrected chi connectivity index (χ3v) is 4.56. The maximum absolute atomic E-state index is 13.0. The van der Waals surface area contributed by atoms with Crippen LogP contribution in [0.4, 0.5) is 17.6 Å². The van der Waals surface area contributed by atoms with Gasteiger partial charge in [0.1, 0.15) is 5.75 Å². The molecule has 0 saturated heterocycles. The molecule has 0 aliphatic rings. The summed E-state index contributed by atoms with van der Waals surface area (Å²) in [4.78, 5) is 14.1. The average Bonchev–Trinajstić information content (AvgIpc) is 3.12.